The highest BCUT2D eigenvalue weighted by Gasteiger charge is 2.15. The van der Waals surface area contributed by atoms with Gasteiger partial charge in [0.25, 0.3) is 0 Å². The maximum Gasteiger partial charge on any atom is 0.339 e. The zero-order chi connectivity index (χ0) is 15.2. The molecule has 2 aromatic rings. The molecule has 7 nitrogen and oxygen atoms in total. The number of carboxylic acid groups (broad SMARTS) is 1. The van der Waals surface area contributed by atoms with Crippen molar-refractivity contribution in [3.63, 3.8) is 0 Å². The van der Waals surface area contributed by atoms with Gasteiger partial charge in [-0.1, -0.05) is 17.7 Å². The first kappa shape index (κ1) is 14.9. The average molecular weight is 309 g/mol. The fourth-order valence-corrected chi connectivity index (χ4v) is 1.99. The number of anilines is 1. The summed E-state index contributed by atoms with van der Waals surface area (Å²) in [6.07, 6.45) is 5.06. The van der Waals surface area contributed by atoms with Crippen molar-refractivity contribution < 1.29 is 14.7 Å². The summed E-state index contributed by atoms with van der Waals surface area (Å²) in [5.41, 5.74) is 0.0130. The molecule has 110 valence electrons. The van der Waals surface area contributed by atoms with Crippen LogP contribution in [0.25, 0.3) is 0 Å². The molecule has 2 amide bonds. The first-order valence-corrected chi connectivity index (χ1v) is 6.48. The molecule has 0 aliphatic heterocycles. The zero-order valence-corrected chi connectivity index (χ0v) is 11.7. The topological polar surface area (TPSA) is 96.3 Å². The minimum absolute atomic E-state index is 0.0683. The summed E-state index contributed by atoms with van der Waals surface area (Å²) in [5, 5.41) is 14.3. The second-order valence-corrected chi connectivity index (χ2v) is 4.56. The van der Waals surface area contributed by atoms with E-state index in [1.807, 2.05) is 4.57 Å². The Labute approximate surface area is 125 Å². The predicted octanol–water partition coefficient (Wildman–Crippen LogP) is 2.06. The molecule has 2 rings (SSSR count). The third kappa shape index (κ3) is 3.96. The van der Waals surface area contributed by atoms with Gasteiger partial charge in [-0.05, 0) is 12.1 Å². The van der Waals surface area contributed by atoms with Crippen LogP contribution in [0, 0.1) is 0 Å². The first-order chi connectivity index (χ1) is 10.1. The largest absolute Gasteiger partial charge is 0.478 e. The molecule has 0 atom stereocenters. The molecule has 21 heavy (non-hydrogen) atoms. The number of benzene rings is 1. The van der Waals surface area contributed by atoms with Crippen LogP contribution in [0.15, 0.2) is 36.9 Å². The standard InChI is InChI=1S/C13H13ClN4O3/c14-9-2-1-3-10(11(9)12(19)20)17-13(21)16-5-7-18-6-4-15-8-18/h1-4,6,8H,5,7H2,(H,19,20)(H2,16,17,21). The number of carboxylic acids is 1. The van der Waals surface area contributed by atoms with Crippen LogP contribution < -0.4 is 10.6 Å². The van der Waals surface area contributed by atoms with Crippen LogP contribution >= 0.6 is 11.6 Å². The van der Waals surface area contributed by atoms with Gasteiger partial charge >= 0.3 is 12.0 Å². The summed E-state index contributed by atoms with van der Waals surface area (Å²) in [6, 6.07) is 3.99. The van der Waals surface area contributed by atoms with E-state index in [-0.39, 0.29) is 16.3 Å². The second-order valence-electron chi connectivity index (χ2n) is 4.15. The van der Waals surface area contributed by atoms with Crippen molar-refractivity contribution in [2.24, 2.45) is 0 Å². The van der Waals surface area contributed by atoms with E-state index in [1.54, 1.807) is 24.8 Å². The number of rotatable bonds is 5. The first-order valence-electron chi connectivity index (χ1n) is 6.10. The summed E-state index contributed by atoms with van der Waals surface area (Å²) in [6.45, 7) is 0.944. The Balaban J connectivity index is 1.93. The molecule has 0 saturated carbocycles. The van der Waals surface area contributed by atoms with Gasteiger partial charge < -0.3 is 20.3 Å². The van der Waals surface area contributed by atoms with Crippen molar-refractivity contribution >= 4 is 29.3 Å². The molecular weight excluding hydrogens is 296 g/mol. The van der Waals surface area contributed by atoms with Crippen LogP contribution in [0.5, 0.6) is 0 Å². The molecule has 0 unspecified atom stereocenters. The molecule has 0 radical (unpaired) electrons. The number of carbonyl (C=O) groups excluding carboxylic acids is 1. The number of nitrogens with one attached hydrogen (secondary N) is 2. The van der Waals surface area contributed by atoms with Crippen molar-refractivity contribution in [2.45, 2.75) is 6.54 Å². The van der Waals surface area contributed by atoms with E-state index in [2.05, 4.69) is 15.6 Å². The summed E-state index contributed by atoms with van der Waals surface area (Å²) in [7, 11) is 0. The maximum absolute atomic E-state index is 11.7. The fraction of sp³-hybridized carbons (Fsp3) is 0.154. The third-order valence-corrected chi connectivity index (χ3v) is 3.01. The predicted molar refractivity (Wildman–Crippen MR) is 77.7 cm³/mol. The number of halogens is 1. The van der Waals surface area contributed by atoms with Gasteiger partial charge in [0.2, 0.25) is 0 Å². The van der Waals surface area contributed by atoms with E-state index in [0.29, 0.717) is 13.1 Å². The van der Waals surface area contributed by atoms with E-state index in [0.717, 1.165) is 0 Å². The SMILES string of the molecule is O=C(NCCn1ccnc1)Nc1cccc(Cl)c1C(=O)O. The normalized spacial score (nSPS) is 10.1. The van der Waals surface area contributed by atoms with Crippen LogP contribution in [0.2, 0.25) is 5.02 Å². The lowest BCUT2D eigenvalue weighted by molar-refractivity contribution is 0.0698. The van der Waals surface area contributed by atoms with Gasteiger partial charge in [-0.3, -0.25) is 0 Å². The Hall–Kier alpha value is -2.54. The fourth-order valence-electron chi connectivity index (χ4n) is 1.73. The number of amides is 2. The lowest BCUT2D eigenvalue weighted by Crippen LogP contribution is -2.31. The second kappa shape index (κ2) is 6.76. The van der Waals surface area contributed by atoms with Crippen molar-refractivity contribution in [3.05, 3.63) is 47.5 Å². The average Bonchev–Trinajstić information content (AvgIpc) is 2.91. The molecule has 0 aliphatic carbocycles. The molecule has 1 aromatic carbocycles. The van der Waals surface area contributed by atoms with E-state index < -0.39 is 12.0 Å². The summed E-state index contributed by atoms with van der Waals surface area (Å²) in [4.78, 5) is 26.8. The van der Waals surface area contributed by atoms with Crippen molar-refractivity contribution in [3.8, 4) is 0 Å². The van der Waals surface area contributed by atoms with Gasteiger partial charge in [0, 0.05) is 25.5 Å². The van der Waals surface area contributed by atoms with Gasteiger partial charge in [0.05, 0.1) is 17.0 Å². The number of hydrogen-bond donors (Lipinski definition) is 3. The van der Waals surface area contributed by atoms with E-state index in [1.165, 1.54) is 12.1 Å². The van der Waals surface area contributed by atoms with Gasteiger partial charge in [0.15, 0.2) is 0 Å². The van der Waals surface area contributed by atoms with Gasteiger partial charge in [-0.25, -0.2) is 14.6 Å². The highest BCUT2D eigenvalue weighted by molar-refractivity contribution is 6.34. The maximum atomic E-state index is 11.7. The highest BCUT2D eigenvalue weighted by Crippen LogP contribution is 2.24. The highest BCUT2D eigenvalue weighted by atomic mass is 35.5. The Morgan fingerprint density at radius 2 is 2.19 bits per heavy atom. The molecule has 0 aliphatic rings. The van der Waals surface area contributed by atoms with Crippen molar-refractivity contribution in [1.29, 1.82) is 0 Å². The number of hydrogen-bond acceptors (Lipinski definition) is 3. The minimum Gasteiger partial charge on any atom is -0.478 e. The lowest BCUT2D eigenvalue weighted by atomic mass is 10.2. The van der Waals surface area contributed by atoms with E-state index in [4.69, 9.17) is 16.7 Å². The Bertz CT molecular complexity index is 643. The van der Waals surface area contributed by atoms with Gasteiger partial charge in [0.1, 0.15) is 5.56 Å². The van der Waals surface area contributed by atoms with Crippen LogP contribution in [-0.4, -0.2) is 33.2 Å². The number of imidazole rings is 1. The number of aromatic carboxylic acids is 1. The third-order valence-electron chi connectivity index (χ3n) is 2.69. The number of aromatic nitrogens is 2. The molecular formula is C13H13ClN4O3. The Morgan fingerprint density at radius 3 is 2.86 bits per heavy atom. The Morgan fingerprint density at radius 1 is 1.38 bits per heavy atom. The summed E-state index contributed by atoms with van der Waals surface area (Å²) < 4.78 is 1.81. The number of urea groups is 1. The lowest BCUT2D eigenvalue weighted by Gasteiger charge is -2.11. The quantitative estimate of drug-likeness (QED) is 0.787. The van der Waals surface area contributed by atoms with E-state index >= 15 is 0 Å². The van der Waals surface area contributed by atoms with Gasteiger partial charge in [-0.15, -0.1) is 0 Å². The van der Waals surface area contributed by atoms with Crippen LogP contribution in [0.1, 0.15) is 10.4 Å². The van der Waals surface area contributed by atoms with Crippen molar-refractivity contribution in [1.82, 2.24) is 14.9 Å². The van der Waals surface area contributed by atoms with Crippen LogP contribution in [-0.2, 0) is 6.54 Å². The summed E-state index contributed by atoms with van der Waals surface area (Å²) >= 11 is 5.82. The monoisotopic (exact) mass is 308 g/mol. The van der Waals surface area contributed by atoms with Crippen LogP contribution in [0.3, 0.4) is 0 Å². The molecule has 0 bridgehead atoms. The molecule has 8 heteroatoms. The van der Waals surface area contributed by atoms with E-state index in [9.17, 15) is 9.59 Å². The zero-order valence-electron chi connectivity index (χ0n) is 10.9. The molecule has 3 N–H and O–H groups in total. The summed E-state index contributed by atoms with van der Waals surface area (Å²) in [5.74, 6) is -1.20. The van der Waals surface area contributed by atoms with Crippen molar-refractivity contribution in [2.75, 3.05) is 11.9 Å². The molecule has 0 fully saturated rings. The van der Waals surface area contributed by atoms with Gasteiger partial charge in [-0.2, -0.15) is 0 Å². The smallest absolute Gasteiger partial charge is 0.339 e. The minimum atomic E-state index is -1.20. The number of nitrogens with zero attached hydrogens (tertiary/aromatic N) is 2. The molecule has 0 spiro atoms. The molecule has 1 aromatic heterocycles. The molecule has 1 heterocycles. The molecule has 0 saturated heterocycles. The Kier molecular flexibility index (Phi) is 4.78. The van der Waals surface area contributed by atoms with Crippen LogP contribution in [0.4, 0.5) is 10.5 Å². The number of carbonyl (C=O) groups is 2.